The second-order valence-corrected chi connectivity index (χ2v) is 5.64. The summed E-state index contributed by atoms with van der Waals surface area (Å²) in [5, 5.41) is 21.7. The van der Waals surface area contributed by atoms with E-state index in [0.29, 0.717) is 0 Å². The molecule has 1 aliphatic carbocycles. The molecule has 0 aromatic heterocycles. The Kier molecular flexibility index (Phi) is 3.20. The average molecular weight is 249 g/mol. The topological polar surface area (TPSA) is 69.6 Å². The van der Waals surface area contributed by atoms with Crippen molar-refractivity contribution in [3.63, 3.8) is 0 Å². The zero-order valence-electron chi connectivity index (χ0n) is 10.7. The van der Waals surface area contributed by atoms with Gasteiger partial charge in [0.05, 0.1) is 0 Å². The number of carbonyl (C=O) groups excluding carboxylic acids is 1. The maximum atomic E-state index is 12.1. The SMILES string of the molecule is CC1(C)CCCC1NC(=O)c1cc(O)cc(O)c1. The van der Waals surface area contributed by atoms with Crippen LogP contribution < -0.4 is 5.32 Å². The monoisotopic (exact) mass is 249 g/mol. The molecule has 0 aliphatic heterocycles. The lowest BCUT2D eigenvalue weighted by atomic mass is 9.87. The molecule has 2 rings (SSSR count). The summed E-state index contributed by atoms with van der Waals surface area (Å²) in [5.74, 6) is -0.460. The molecule has 4 nitrogen and oxygen atoms in total. The summed E-state index contributed by atoms with van der Waals surface area (Å²) in [6.07, 6.45) is 3.19. The number of rotatable bonds is 2. The summed E-state index contributed by atoms with van der Waals surface area (Å²) in [5.41, 5.74) is 0.393. The van der Waals surface area contributed by atoms with E-state index in [1.54, 1.807) is 0 Å². The predicted octanol–water partition coefficient (Wildman–Crippen LogP) is 2.41. The second-order valence-electron chi connectivity index (χ2n) is 5.64. The van der Waals surface area contributed by atoms with Crippen LogP contribution in [-0.2, 0) is 0 Å². The van der Waals surface area contributed by atoms with Crippen LogP contribution in [0.2, 0.25) is 0 Å². The highest BCUT2D eigenvalue weighted by molar-refractivity contribution is 5.95. The lowest BCUT2D eigenvalue weighted by molar-refractivity contribution is 0.0909. The first-order valence-electron chi connectivity index (χ1n) is 6.22. The molecule has 1 amide bonds. The number of aromatic hydroxyl groups is 2. The summed E-state index contributed by atoms with van der Waals surface area (Å²) in [4.78, 5) is 12.1. The van der Waals surface area contributed by atoms with Crippen LogP contribution >= 0.6 is 0 Å². The molecule has 18 heavy (non-hydrogen) atoms. The Bertz CT molecular complexity index is 448. The van der Waals surface area contributed by atoms with Crippen molar-refractivity contribution in [3.05, 3.63) is 23.8 Å². The summed E-state index contributed by atoms with van der Waals surface area (Å²) in [7, 11) is 0. The van der Waals surface area contributed by atoms with Gasteiger partial charge in [-0.05, 0) is 30.4 Å². The maximum Gasteiger partial charge on any atom is 0.251 e. The largest absolute Gasteiger partial charge is 0.508 e. The number of amides is 1. The van der Waals surface area contributed by atoms with Crippen molar-refractivity contribution in [2.24, 2.45) is 5.41 Å². The van der Waals surface area contributed by atoms with E-state index in [1.165, 1.54) is 18.2 Å². The molecule has 1 aromatic rings. The summed E-state index contributed by atoms with van der Waals surface area (Å²) in [6, 6.07) is 4.07. The first-order valence-corrected chi connectivity index (χ1v) is 6.22. The van der Waals surface area contributed by atoms with Gasteiger partial charge in [-0.1, -0.05) is 20.3 Å². The van der Waals surface area contributed by atoms with Gasteiger partial charge in [0.2, 0.25) is 0 Å². The quantitative estimate of drug-likeness (QED) is 0.753. The Morgan fingerprint density at radius 2 is 1.89 bits per heavy atom. The Balaban J connectivity index is 2.12. The van der Waals surface area contributed by atoms with Gasteiger partial charge >= 0.3 is 0 Å². The number of carbonyl (C=O) groups is 1. The van der Waals surface area contributed by atoms with Crippen molar-refractivity contribution in [1.82, 2.24) is 5.32 Å². The van der Waals surface area contributed by atoms with Gasteiger partial charge in [0.1, 0.15) is 11.5 Å². The second kappa shape index (κ2) is 4.52. The van der Waals surface area contributed by atoms with Crippen LogP contribution in [0, 0.1) is 5.41 Å². The molecule has 1 saturated carbocycles. The van der Waals surface area contributed by atoms with E-state index in [1.807, 2.05) is 0 Å². The van der Waals surface area contributed by atoms with Gasteiger partial charge in [0.15, 0.2) is 0 Å². The number of benzene rings is 1. The molecule has 0 heterocycles. The van der Waals surface area contributed by atoms with Crippen molar-refractivity contribution >= 4 is 5.91 Å². The third kappa shape index (κ3) is 2.58. The molecule has 1 atom stereocenters. The van der Waals surface area contributed by atoms with E-state index >= 15 is 0 Å². The number of phenolic OH excluding ortho intramolecular Hbond substituents is 2. The van der Waals surface area contributed by atoms with E-state index in [4.69, 9.17) is 0 Å². The highest BCUT2D eigenvalue weighted by atomic mass is 16.3. The minimum absolute atomic E-state index is 0.106. The van der Waals surface area contributed by atoms with Crippen molar-refractivity contribution in [3.8, 4) is 11.5 Å². The molecule has 3 N–H and O–H groups in total. The van der Waals surface area contributed by atoms with Crippen LogP contribution in [0.4, 0.5) is 0 Å². The van der Waals surface area contributed by atoms with Gasteiger partial charge in [-0.3, -0.25) is 4.79 Å². The van der Waals surface area contributed by atoms with Crippen LogP contribution in [0.1, 0.15) is 43.5 Å². The molecule has 0 bridgehead atoms. The standard InChI is InChI=1S/C14H19NO3/c1-14(2)5-3-4-12(14)15-13(18)9-6-10(16)8-11(17)7-9/h6-8,12,16-17H,3-5H2,1-2H3,(H,15,18). The molecule has 1 unspecified atom stereocenters. The molecular formula is C14H19NO3. The van der Waals surface area contributed by atoms with Gasteiger partial charge in [0, 0.05) is 17.7 Å². The molecular weight excluding hydrogens is 230 g/mol. The Labute approximate surface area is 107 Å². The highest BCUT2D eigenvalue weighted by Crippen LogP contribution is 2.37. The number of nitrogens with one attached hydrogen (secondary N) is 1. The predicted molar refractivity (Wildman–Crippen MR) is 68.7 cm³/mol. The lowest BCUT2D eigenvalue weighted by Crippen LogP contribution is -2.41. The molecule has 4 heteroatoms. The van der Waals surface area contributed by atoms with Crippen LogP contribution in [0.15, 0.2) is 18.2 Å². The van der Waals surface area contributed by atoms with E-state index in [9.17, 15) is 15.0 Å². The summed E-state index contributed by atoms with van der Waals surface area (Å²) < 4.78 is 0. The molecule has 0 spiro atoms. The van der Waals surface area contributed by atoms with Crippen molar-refractivity contribution in [2.45, 2.75) is 39.2 Å². The van der Waals surface area contributed by atoms with Gasteiger partial charge in [-0.15, -0.1) is 0 Å². The smallest absolute Gasteiger partial charge is 0.251 e. The molecule has 0 saturated heterocycles. The van der Waals surface area contributed by atoms with Gasteiger partial charge in [-0.2, -0.15) is 0 Å². The third-order valence-corrected chi connectivity index (χ3v) is 3.73. The Morgan fingerprint density at radius 1 is 1.28 bits per heavy atom. The molecule has 1 aliphatic rings. The van der Waals surface area contributed by atoms with Crippen molar-refractivity contribution < 1.29 is 15.0 Å². The minimum Gasteiger partial charge on any atom is -0.508 e. The van der Waals surface area contributed by atoms with Gasteiger partial charge in [0.25, 0.3) is 5.91 Å². The summed E-state index contributed by atoms with van der Waals surface area (Å²) in [6.45, 7) is 4.29. The van der Waals surface area contributed by atoms with E-state index in [2.05, 4.69) is 19.2 Å². The van der Waals surface area contributed by atoms with E-state index in [0.717, 1.165) is 19.3 Å². The number of hydrogen-bond donors (Lipinski definition) is 3. The normalized spacial score (nSPS) is 21.8. The first kappa shape index (κ1) is 12.7. The fraction of sp³-hybridized carbons (Fsp3) is 0.500. The zero-order chi connectivity index (χ0) is 13.3. The highest BCUT2D eigenvalue weighted by Gasteiger charge is 2.35. The number of phenols is 2. The van der Waals surface area contributed by atoms with Gasteiger partial charge < -0.3 is 15.5 Å². The fourth-order valence-corrected chi connectivity index (χ4v) is 2.56. The maximum absolute atomic E-state index is 12.1. The Hall–Kier alpha value is -1.71. The molecule has 1 fully saturated rings. The Morgan fingerprint density at radius 3 is 2.39 bits per heavy atom. The van der Waals surface area contributed by atoms with Crippen molar-refractivity contribution in [2.75, 3.05) is 0 Å². The van der Waals surface area contributed by atoms with Crippen molar-refractivity contribution in [1.29, 1.82) is 0 Å². The average Bonchev–Trinajstić information content (AvgIpc) is 2.57. The summed E-state index contributed by atoms with van der Waals surface area (Å²) >= 11 is 0. The minimum atomic E-state index is -0.249. The van der Waals surface area contributed by atoms with Gasteiger partial charge in [-0.25, -0.2) is 0 Å². The first-order chi connectivity index (χ1) is 8.38. The van der Waals surface area contributed by atoms with Crippen LogP contribution in [0.3, 0.4) is 0 Å². The van der Waals surface area contributed by atoms with Crippen LogP contribution in [0.25, 0.3) is 0 Å². The third-order valence-electron chi connectivity index (χ3n) is 3.73. The van der Waals surface area contributed by atoms with Crippen LogP contribution in [0.5, 0.6) is 11.5 Å². The molecule has 98 valence electrons. The lowest BCUT2D eigenvalue weighted by Gasteiger charge is -2.27. The van der Waals surface area contributed by atoms with E-state index in [-0.39, 0.29) is 34.4 Å². The number of hydrogen-bond acceptors (Lipinski definition) is 3. The molecule has 0 radical (unpaired) electrons. The molecule has 1 aromatic carbocycles. The zero-order valence-corrected chi connectivity index (χ0v) is 10.7. The fourth-order valence-electron chi connectivity index (χ4n) is 2.56. The van der Waals surface area contributed by atoms with E-state index < -0.39 is 0 Å². The van der Waals surface area contributed by atoms with Crippen LogP contribution in [-0.4, -0.2) is 22.2 Å².